The number of hydrogen-bond acceptors (Lipinski definition) is 3. The summed E-state index contributed by atoms with van der Waals surface area (Å²) in [5, 5.41) is 5.65. The predicted molar refractivity (Wildman–Crippen MR) is 123 cm³/mol. The zero-order chi connectivity index (χ0) is 21.6. The molecule has 0 radical (unpaired) electrons. The minimum absolute atomic E-state index is 0.163. The van der Waals surface area contributed by atoms with Gasteiger partial charge in [0.1, 0.15) is 0 Å². The topological polar surface area (TPSA) is 55.2 Å². The van der Waals surface area contributed by atoms with Crippen molar-refractivity contribution in [2.24, 2.45) is 0 Å². The maximum Gasteiger partial charge on any atom is 0.275 e. The lowest BCUT2D eigenvalue weighted by atomic mass is 10.1. The van der Waals surface area contributed by atoms with E-state index in [0.717, 1.165) is 17.5 Å². The van der Waals surface area contributed by atoms with Gasteiger partial charge in [0.25, 0.3) is 11.5 Å². The van der Waals surface area contributed by atoms with E-state index in [2.05, 4.69) is 5.10 Å². The SMILES string of the molecule is CCCN(Cc1ccccc1)C(=O)c1nn(Cc2ccccc2)c(=O)c2ccccc12. The molecule has 3 aromatic carbocycles. The third-order valence-electron chi connectivity index (χ3n) is 5.24. The summed E-state index contributed by atoms with van der Waals surface area (Å²) in [6, 6.07) is 26.8. The number of rotatable bonds is 7. The Balaban J connectivity index is 1.78. The van der Waals surface area contributed by atoms with E-state index in [1.165, 1.54) is 4.68 Å². The predicted octanol–water partition coefficient (Wildman–Crippen LogP) is 4.50. The van der Waals surface area contributed by atoms with Gasteiger partial charge in [-0.3, -0.25) is 9.59 Å². The van der Waals surface area contributed by atoms with Gasteiger partial charge in [0.15, 0.2) is 5.69 Å². The third kappa shape index (κ3) is 4.56. The summed E-state index contributed by atoms with van der Waals surface area (Å²) >= 11 is 0. The molecule has 0 aliphatic carbocycles. The minimum Gasteiger partial charge on any atom is -0.333 e. The van der Waals surface area contributed by atoms with Crippen molar-refractivity contribution in [3.8, 4) is 0 Å². The lowest BCUT2D eigenvalue weighted by molar-refractivity contribution is 0.0737. The Bertz CT molecular complexity index is 1230. The van der Waals surface area contributed by atoms with E-state index >= 15 is 0 Å². The largest absolute Gasteiger partial charge is 0.333 e. The molecule has 0 aliphatic rings. The molecule has 5 heteroatoms. The van der Waals surface area contributed by atoms with Gasteiger partial charge in [-0.2, -0.15) is 5.10 Å². The van der Waals surface area contributed by atoms with Crippen molar-refractivity contribution in [3.05, 3.63) is 112 Å². The summed E-state index contributed by atoms with van der Waals surface area (Å²) < 4.78 is 1.40. The zero-order valence-corrected chi connectivity index (χ0v) is 17.6. The van der Waals surface area contributed by atoms with Crippen LogP contribution in [0.3, 0.4) is 0 Å². The van der Waals surface area contributed by atoms with Crippen LogP contribution in [0.4, 0.5) is 0 Å². The molecule has 0 spiro atoms. The fourth-order valence-corrected chi connectivity index (χ4v) is 3.73. The van der Waals surface area contributed by atoms with Crippen LogP contribution in [0.25, 0.3) is 10.8 Å². The van der Waals surface area contributed by atoms with Gasteiger partial charge in [0.2, 0.25) is 0 Å². The number of amides is 1. The lowest BCUT2D eigenvalue weighted by Gasteiger charge is -2.23. The molecular formula is C26H25N3O2. The zero-order valence-electron chi connectivity index (χ0n) is 17.6. The average molecular weight is 412 g/mol. The van der Waals surface area contributed by atoms with Crippen LogP contribution in [0.15, 0.2) is 89.7 Å². The summed E-state index contributed by atoms with van der Waals surface area (Å²) in [6.07, 6.45) is 0.833. The molecule has 0 unspecified atom stereocenters. The van der Waals surface area contributed by atoms with Gasteiger partial charge in [-0.05, 0) is 23.6 Å². The van der Waals surface area contributed by atoms with E-state index in [0.29, 0.717) is 36.1 Å². The number of hydrogen-bond donors (Lipinski definition) is 0. The summed E-state index contributed by atoms with van der Waals surface area (Å²) in [5.74, 6) is -0.163. The van der Waals surface area contributed by atoms with E-state index < -0.39 is 0 Å². The smallest absolute Gasteiger partial charge is 0.275 e. The molecule has 31 heavy (non-hydrogen) atoms. The molecule has 0 bridgehead atoms. The molecule has 0 fully saturated rings. The van der Waals surface area contributed by atoms with Crippen LogP contribution in [0.2, 0.25) is 0 Å². The molecular weight excluding hydrogens is 386 g/mol. The van der Waals surface area contributed by atoms with Crippen molar-refractivity contribution < 1.29 is 4.79 Å². The van der Waals surface area contributed by atoms with Crippen molar-refractivity contribution >= 4 is 16.7 Å². The van der Waals surface area contributed by atoms with E-state index in [1.54, 1.807) is 17.0 Å². The Kier molecular flexibility index (Phi) is 6.22. The first kappa shape index (κ1) is 20.5. The highest BCUT2D eigenvalue weighted by Crippen LogP contribution is 2.17. The first-order valence-corrected chi connectivity index (χ1v) is 10.5. The van der Waals surface area contributed by atoms with Crippen LogP contribution in [-0.2, 0) is 13.1 Å². The molecule has 156 valence electrons. The number of aromatic nitrogens is 2. The Morgan fingerprint density at radius 1 is 0.839 bits per heavy atom. The molecule has 4 rings (SSSR count). The molecule has 0 atom stereocenters. The fourth-order valence-electron chi connectivity index (χ4n) is 3.73. The normalized spacial score (nSPS) is 10.9. The van der Waals surface area contributed by atoms with Crippen LogP contribution in [-0.4, -0.2) is 27.1 Å². The van der Waals surface area contributed by atoms with Crippen LogP contribution in [0.5, 0.6) is 0 Å². The molecule has 0 aliphatic heterocycles. The van der Waals surface area contributed by atoms with Gasteiger partial charge < -0.3 is 4.90 Å². The summed E-state index contributed by atoms with van der Waals surface area (Å²) in [7, 11) is 0. The Hall–Kier alpha value is -3.73. The Morgan fingerprint density at radius 3 is 2.06 bits per heavy atom. The maximum atomic E-state index is 13.6. The summed E-state index contributed by atoms with van der Waals surface area (Å²) in [4.78, 5) is 28.5. The van der Waals surface area contributed by atoms with E-state index in [1.807, 2.05) is 79.7 Å². The molecule has 1 amide bonds. The van der Waals surface area contributed by atoms with Gasteiger partial charge in [0.05, 0.1) is 11.9 Å². The van der Waals surface area contributed by atoms with Crippen molar-refractivity contribution in [3.63, 3.8) is 0 Å². The molecule has 1 aromatic heterocycles. The van der Waals surface area contributed by atoms with Gasteiger partial charge >= 0.3 is 0 Å². The number of carbonyl (C=O) groups is 1. The average Bonchev–Trinajstić information content (AvgIpc) is 2.81. The van der Waals surface area contributed by atoms with Crippen molar-refractivity contribution in [2.45, 2.75) is 26.4 Å². The monoisotopic (exact) mass is 411 g/mol. The highest BCUT2D eigenvalue weighted by atomic mass is 16.2. The van der Waals surface area contributed by atoms with E-state index in [9.17, 15) is 9.59 Å². The summed E-state index contributed by atoms with van der Waals surface area (Å²) in [6.45, 7) is 3.48. The van der Waals surface area contributed by atoms with Gasteiger partial charge in [0, 0.05) is 18.5 Å². The molecule has 1 heterocycles. The van der Waals surface area contributed by atoms with Gasteiger partial charge in [-0.15, -0.1) is 0 Å². The number of carbonyl (C=O) groups excluding carboxylic acids is 1. The lowest BCUT2D eigenvalue weighted by Crippen LogP contribution is -2.35. The van der Waals surface area contributed by atoms with E-state index in [4.69, 9.17) is 0 Å². The quantitative estimate of drug-likeness (QED) is 0.450. The molecule has 0 saturated heterocycles. The summed E-state index contributed by atoms with van der Waals surface area (Å²) in [5.41, 5.74) is 2.14. The number of benzene rings is 3. The van der Waals surface area contributed by atoms with Gasteiger partial charge in [-0.25, -0.2) is 4.68 Å². The van der Waals surface area contributed by atoms with Crippen molar-refractivity contribution in [1.29, 1.82) is 0 Å². The molecule has 5 nitrogen and oxygen atoms in total. The maximum absolute atomic E-state index is 13.6. The second-order valence-electron chi connectivity index (χ2n) is 7.55. The second kappa shape index (κ2) is 9.39. The minimum atomic E-state index is -0.193. The Labute approximate surface area is 181 Å². The van der Waals surface area contributed by atoms with Crippen LogP contribution >= 0.6 is 0 Å². The third-order valence-corrected chi connectivity index (χ3v) is 5.24. The number of nitrogens with zero attached hydrogens (tertiary/aromatic N) is 3. The van der Waals surface area contributed by atoms with Crippen LogP contribution in [0, 0.1) is 0 Å². The van der Waals surface area contributed by atoms with E-state index in [-0.39, 0.29) is 11.5 Å². The molecule has 4 aromatic rings. The number of fused-ring (bicyclic) bond motifs is 1. The fraction of sp³-hybridized carbons (Fsp3) is 0.192. The van der Waals surface area contributed by atoms with Crippen LogP contribution in [0.1, 0.15) is 35.0 Å². The van der Waals surface area contributed by atoms with Gasteiger partial charge in [-0.1, -0.05) is 85.8 Å². The Morgan fingerprint density at radius 2 is 1.42 bits per heavy atom. The van der Waals surface area contributed by atoms with Crippen LogP contribution < -0.4 is 5.56 Å². The van der Waals surface area contributed by atoms with Crippen molar-refractivity contribution in [1.82, 2.24) is 14.7 Å². The van der Waals surface area contributed by atoms with Crippen molar-refractivity contribution in [2.75, 3.05) is 6.54 Å². The first-order chi connectivity index (χ1) is 15.2. The molecule has 0 saturated carbocycles. The second-order valence-corrected chi connectivity index (χ2v) is 7.55. The first-order valence-electron chi connectivity index (χ1n) is 10.5. The highest BCUT2D eigenvalue weighted by molar-refractivity contribution is 6.04. The standard InChI is InChI=1S/C26H25N3O2/c1-2-17-28(18-20-11-5-3-6-12-20)26(31)24-22-15-9-10-16-23(22)25(30)29(27-24)19-21-13-7-4-8-14-21/h3-16H,2,17-19H2,1H3. The molecule has 0 N–H and O–H groups in total. The highest BCUT2D eigenvalue weighted by Gasteiger charge is 2.22.